The molecule has 0 aliphatic carbocycles. The van der Waals surface area contributed by atoms with Gasteiger partial charge in [0, 0.05) is 22.3 Å². The molecule has 0 radical (unpaired) electrons. The zero-order valence-corrected chi connectivity index (χ0v) is 16.1. The van der Waals surface area contributed by atoms with Crippen LogP contribution in [0, 0.1) is 0 Å². The predicted octanol–water partition coefficient (Wildman–Crippen LogP) is 3.94. The molecule has 3 aromatic carbocycles. The van der Waals surface area contributed by atoms with Crippen LogP contribution in [0.15, 0.2) is 78.2 Å². The minimum Gasteiger partial charge on any atom is -0.325 e. The smallest absolute Gasteiger partial charge is 0.255 e. The molecule has 0 unspecified atom stereocenters. The van der Waals surface area contributed by atoms with Crippen LogP contribution in [0.3, 0.4) is 0 Å². The summed E-state index contributed by atoms with van der Waals surface area (Å²) in [5.41, 5.74) is 1.89. The van der Waals surface area contributed by atoms with Gasteiger partial charge in [-0.2, -0.15) is 5.10 Å². The molecule has 0 aliphatic rings. The largest absolute Gasteiger partial charge is 0.325 e. The first-order chi connectivity index (χ1) is 14.2. The van der Waals surface area contributed by atoms with E-state index in [1.165, 1.54) is 18.1 Å². The average Bonchev–Trinajstić information content (AvgIpc) is 3.27. The summed E-state index contributed by atoms with van der Waals surface area (Å²) >= 11 is 1.26. The highest BCUT2D eigenvalue weighted by Gasteiger charge is 2.10. The number of nitrogens with one attached hydrogen (secondary N) is 3. The lowest BCUT2D eigenvalue weighted by molar-refractivity contribution is -0.113. The lowest BCUT2D eigenvalue weighted by atomic mass is 10.1. The summed E-state index contributed by atoms with van der Waals surface area (Å²) in [6, 6.07) is 20.4. The van der Waals surface area contributed by atoms with Crippen LogP contribution in [0.4, 0.5) is 11.4 Å². The number of hydrogen-bond donors (Lipinski definition) is 3. The minimum atomic E-state index is -0.208. The van der Waals surface area contributed by atoms with E-state index >= 15 is 0 Å². The molecule has 1 aromatic heterocycles. The van der Waals surface area contributed by atoms with Gasteiger partial charge in [0.25, 0.3) is 5.91 Å². The molecule has 0 aliphatic heterocycles. The number of carbonyl (C=O) groups excluding carboxylic acids is 2. The molecule has 4 aromatic rings. The maximum absolute atomic E-state index is 12.6. The number of H-pyrrole nitrogens is 1. The molecule has 3 N–H and O–H groups in total. The number of rotatable bonds is 6. The van der Waals surface area contributed by atoms with Crippen LogP contribution in [-0.2, 0) is 4.79 Å². The molecule has 8 heteroatoms. The summed E-state index contributed by atoms with van der Waals surface area (Å²) in [5, 5.41) is 14.8. The SMILES string of the molecule is O=C(CSc1ncn[nH]1)Nc1ccc(C(=O)Nc2cccc3ccccc23)cc1. The van der Waals surface area contributed by atoms with Gasteiger partial charge in [-0.1, -0.05) is 48.2 Å². The number of benzene rings is 3. The molecule has 0 fully saturated rings. The molecule has 0 spiro atoms. The molecular weight excluding hydrogens is 386 g/mol. The zero-order chi connectivity index (χ0) is 20.1. The van der Waals surface area contributed by atoms with Gasteiger partial charge in [-0.15, -0.1) is 0 Å². The fourth-order valence-corrected chi connectivity index (χ4v) is 3.41. The summed E-state index contributed by atoms with van der Waals surface area (Å²) < 4.78 is 0. The van der Waals surface area contributed by atoms with Gasteiger partial charge in [0.15, 0.2) is 5.16 Å². The molecule has 4 rings (SSSR count). The van der Waals surface area contributed by atoms with E-state index in [9.17, 15) is 9.59 Å². The third-order valence-electron chi connectivity index (χ3n) is 4.20. The van der Waals surface area contributed by atoms with Crippen LogP contribution in [0.2, 0.25) is 0 Å². The van der Waals surface area contributed by atoms with E-state index in [1.54, 1.807) is 24.3 Å². The number of hydrogen-bond acceptors (Lipinski definition) is 5. The second-order valence-corrected chi connectivity index (χ2v) is 7.15. The van der Waals surface area contributed by atoms with Crippen LogP contribution in [0.5, 0.6) is 0 Å². The Balaban J connectivity index is 1.38. The Bertz CT molecular complexity index is 1140. The van der Waals surface area contributed by atoms with Crippen molar-refractivity contribution in [3.8, 4) is 0 Å². The summed E-state index contributed by atoms with van der Waals surface area (Å²) in [7, 11) is 0. The van der Waals surface area contributed by atoms with Gasteiger partial charge >= 0.3 is 0 Å². The van der Waals surface area contributed by atoms with Crippen molar-refractivity contribution in [3.63, 3.8) is 0 Å². The van der Waals surface area contributed by atoms with Crippen LogP contribution in [-0.4, -0.2) is 32.7 Å². The molecule has 144 valence electrons. The average molecular weight is 403 g/mol. The quantitative estimate of drug-likeness (QED) is 0.424. The fraction of sp³-hybridized carbons (Fsp3) is 0.0476. The lowest BCUT2D eigenvalue weighted by Gasteiger charge is -2.10. The van der Waals surface area contributed by atoms with E-state index in [0.29, 0.717) is 16.4 Å². The van der Waals surface area contributed by atoms with Crippen LogP contribution in [0.25, 0.3) is 10.8 Å². The molecule has 0 saturated heterocycles. The fourth-order valence-electron chi connectivity index (χ4n) is 2.83. The molecule has 7 nitrogen and oxygen atoms in total. The van der Waals surface area contributed by atoms with E-state index in [4.69, 9.17) is 0 Å². The Labute approximate surface area is 170 Å². The first-order valence-electron chi connectivity index (χ1n) is 8.86. The predicted molar refractivity (Wildman–Crippen MR) is 114 cm³/mol. The first-order valence-corrected chi connectivity index (χ1v) is 9.85. The molecule has 0 atom stereocenters. The second kappa shape index (κ2) is 8.57. The van der Waals surface area contributed by atoms with E-state index in [1.807, 2.05) is 42.5 Å². The zero-order valence-electron chi connectivity index (χ0n) is 15.3. The van der Waals surface area contributed by atoms with Crippen molar-refractivity contribution in [1.82, 2.24) is 15.2 Å². The number of anilines is 2. The number of nitrogens with zero attached hydrogens (tertiary/aromatic N) is 2. The van der Waals surface area contributed by atoms with Crippen molar-refractivity contribution in [2.24, 2.45) is 0 Å². The Morgan fingerprint density at radius 1 is 0.931 bits per heavy atom. The summed E-state index contributed by atoms with van der Waals surface area (Å²) in [6.07, 6.45) is 1.39. The maximum atomic E-state index is 12.6. The number of aromatic nitrogens is 3. The van der Waals surface area contributed by atoms with Crippen molar-refractivity contribution in [3.05, 3.63) is 78.6 Å². The normalized spacial score (nSPS) is 10.6. The Morgan fingerprint density at radius 3 is 2.52 bits per heavy atom. The van der Waals surface area contributed by atoms with E-state index < -0.39 is 0 Å². The Morgan fingerprint density at radius 2 is 1.72 bits per heavy atom. The van der Waals surface area contributed by atoms with Crippen LogP contribution >= 0.6 is 11.8 Å². The van der Waals surface area contributed by atoms with E-state index in [-0.39, 0.29) is 17.6 Å². The molecule has 2 amide bonds. The third kappa shape index (κ3) is 4.61. The summed E-state index contributed by atoms with van der Waals surface area (Å²) in [4.78, 5) is 28.6. The first kappa shape index (κ1) is 18.7. The van der Waals surface area contributed by atoms with E-state index in [2.05, 4.69) is 25.8 Å². The van der Waals surface area contributed by atoms with Gasteiger partial charge in [-0.3, -0.25) is 14.7 Å². The highest BCUT2D eigenvalue weighted by Crippen LogP contribution is 2.23. The van der Waals surface area contributed by atoms with Gasteiger partial charge in [0.1, 0.15) is 6.33 Å². The van der Waals surface area contributed by atoms with Crippen molar-refractivity contribution in [2.75, 3.05) is 16.4 Å². The standard InChI is InChI=1S/C21H17N5O2S/c27-19(12-29-21-22-13-23-26-21)24-16-10-8-15(9-11-16)20(28)25-18-7-3-5-14-4-1-2-6-17(14)18/h1-11,13H,12H2,(H,24,27)(H,25,28)(H,22,23,26). The van der Waals surface area contributed by atoms with Crippen LogP contribution < -0.4 is 10.6 Å². The summed E-state index contributed by atoms with van der Waals surface area (Å²) in [5.74, 6) is -0.169. The molecular formula is C21H17N5O2S. The number of thioether (sulfide) groups is 1. The van der Waals surface area contributed by atoms with Gasteiger partial charge < -0.3 is 10.6 Å². The molecule has 1 heterocycles. The maximum Gasteiger partial charge on any atom is 0.255 e. The monoisotopic (exact) mass is 403 g/mol. The van der Waals surface area contributed by atoms with Crippen molar-refractivity contribution in [2.45, 2.75) is 5.16 Å². The number of carbonyl (C=O) groups is 2. The van der Waals surface area contributed by atoms with E-state index in [0.717, 1.165) is 16.5 Å². The Hall–Kier alpha value is -3.65. The van der Waals surface area contributed by atoms with Crippen molar-refractivity contribution >= 4 is 45.7 Å². The third-order valence-corrected chi connectivity index (χ3v) is 5.08. The molecule has 0 saturated carbocycles. The van der Waals surface area contributed by atoms with Crippen molar-refractivity contribution < 1.29 is 9.59 Å². The molecule has 0 bridgehead atoms. The van der Waals surface area contributed by atoms with Gasteiger partial charge in [0.05, 0.1) is 5.75 Å². The minimum absolute atomic E-state index is 0.167. The Kier molecular flexibility index (Phi) is 5.53. The lowest BCUT2D eigenvalue weighted by Crippen LogP contribution is -2.15. The number of aromatic amines is 1. The number of amides is 2. The van der Waals surface area contributed by atoms with Crippen LogP contribution in [0.1, 0.15) is 10.4 Å². The highest BCUT2D eigenvalue weighted by molar-refractivity contribution is 7.99. The van der Waals surface area contributed by atoms with Gasteiger partial charge in [-0.25, -0.2) is 4.98 Å². The van der Waals surface area contributed by atoms with Gasteiger partial charge in [0.2, 0.25) is 5.91 Å². The second-order valence-electron chi connectivity index (χ2n) is 6.19. The summed E-state index contributed by atoms with van der Waals surface area (Å²) in [6.45, 7) is 0. The van der Waals surface area contributed by atoms with Crippen molar-refractivity contribution in [1.29, 1.82) is 0 Å². The molecule has 29 heavy (non-hydrogen) atoms. The number of fused-ring (bicyclic) bond motifs is 1. The highest BCUT2D eigenvalue weighted by atomic mass is 32.2. The van der Waals surface area contributed by atoms with Gasteiger partial charge in [-0.05, 0) is 35.7 Å². The topological polar surface area (TPSA) is 99.8 Å².